The van der Waals surface area contributed by atoms with E-state index in [-0.39, 0.29) is 12.1 Å². The number of aryl methyl sites for hydroxylation is 1. The van der Waals surface area contributed by atoms with Crippen molar-refractivity contribution in [1.82, 2.24) is 5.01 Å². The van der Waals surface area contributed by atoms with Gasteiger partial charge in [-0.1, -0.05) is 30.3 Å². The van der Waals surface area contributed by atoms with Gasteiger partial charge in [-0.2, -0.15) is 4.99 Å². The van der Waals surface area contributed by atoms with Crippen molar-refractivity contribution in [2.45, 2.75) is 12.8 Å². The van der Waals surface area contributed by atoms with Crippen LogP contribution in [0.5, 0.6) is 0 Å². The number of benzene rings is 1. The second-order valence-corrected chi connectivity index (χ2v) is 4.25. The molecule has 0 bridgehead atoms. The average Bonchev–Trinajstić information content (AvgIpc) is 2.40. The molecule has 0 spiro atoms. The van der Waals surface area contributed by atoms with Gasteiger partial charge in [0, 0.05) is 6.42 Å². The van der Waals surface area contributed by atoms with Crippen LogP contribution >= 0.6 is 0 Å². The van der Waals surface area contributed by atoms with Crippen LogP contribution in [0.3, 0.4) is 0 Å². The van der Waals surface area contributed by atoms with E-state index in [9.17, 15) is 9.90 Å². The second-order valence-electron chi connectivity index (χ2n) is 4.25. The van der Waals surface area contributed by atoms with E-state index in [1.165, 1.54) is 5.01 Å². The Labute approximate surface area is 110 Å². The average molecular weight is 261 g/mol. The van der Waals surface area contributed by atoms with E-state index in [2.05, 4.69) is 4.99 Å². The number of hydrogen-bond acceptors (Lipinski definition) is 5. The zero-order chi connectivity index (χ0) is 13.8. The fourth-order valence-electron chi connectivity index (χ4n) is 1.85. The van der Waals surface area contributed by atoms with Gasteiger partial charge in [-0.25, -0.2) is 10.6 Å². The summed E-state index contributed by atoms with van der Waals surface area (Å²) in [5.74, 6) is 4.54. The Morgan fingerprint density at radius 2 is 2.00 bits per heavy atom. The predicted molar refractivity (Wildman–Crippen MR) is 70.4 cm³/mol. The molecule has 0 saturated carbocycles. The number of aliphatic imine (C=N–C) groups is 1. The summed E-state index contributed by atoms with van der Waals surface area (Å²) in [6, 6.07) is 9.80. The number of carboxylic acid groups (broad SMARTS) is 1. The van der Waals surface area contributed by atoms with Crippen molar-refractivity contribution in [3.63, 3.8) is 0 Å². The third-order valence-corrected chi connectivity index (χ3v) is 2.90. The molecular formula is C13H15N3O3. The number of aliphatic carboxylic acids is 1. The van der Waals surface area contributed by atoms with E-state index in [0.717, 1.165) is 12.0 Å². The molecular weight excluding hydrogens is 246 g/mol. The monoisotopic (exact) mass is 261 g/mol. The Hall–Kier alpha value is -2.34. The van der Waals surface area contributed by atoms with Crippen LogP contribution in [0.1, 0.15) is 12.0 Å². The molecule has 0 aromatic heterocycles. The number of aliphatic hydroxyl groups excluding tert-OH is 1. The summed E-state index contributed by atoms with van der Waals surface area (Å²) in [4.78, 5) is 14.7. The van der Waals surface area contributed by atoms with Gasteiger partial charge >= 0.3 is 5.97 Å². The molecule has 4 N–H and O–H groups in total. The lowest BCUT2D eigenvalue weighted by Gasteiger charge is -2.24. The molecule has 1 aromatic carbocycles. The summed E-state index contributed by atoms with van der Waals surface area (Å²) >= 11 is 0. The van der Waals surface area contributed by atoms with Crippen molar-refractivity contribution < 1.29 is 15.0 Å². The molecule has 0 amide bonds. The molecule has 1 aromatic rings. The largest absolute Gasteiger partial charge is 0.493 e. The highest BCUT2D eigenvalue weighted by Crippen LogP contribution is 2.14. The summed E-state index contributed by atoms with van der Waals surface area (Å²) < 4.78 is 0. The minimum Gasteiger partial charge on any atom is -0.493 e. The first-order valence-electron chi connectivity index (χ1n) is 5.87. The highest BCUT2D eigenvalue weighted by Gasteiger charge is 2.23. The van der Waals surface area contributed by atoms with Crippen LogP contribution in [-0.2, 0) is 11.2 Å². The van der Waals surface area contributed by atoms with E-state index >= 15 is 0 Å². The van der Waals surface area contributed by atoms with Gasteiger partial charge in [-0.3, -0.25) is 5.01 Å². The molecule has 0 fully saturated rings. The van der Waals surface area contributed by atoms with Crippen LogP contribution in [0.25, 0.3) is 0 Å². The minimum atomic E-state index is -1.21. The van der Waals surface area contributed by atoms with Gasteiger partial charge in [-0.15, -0.1) is 0 Å². The lowest BCUT2D eigenvalue weighted by molar-refractivity contribution is -0.133. The number of hydrogen-bond donors (Lipinski definition) is 3. The van der Waals surface area contributed by atoms with Crippen molar-refractivity contribution in [3.8, 4) is 0 Å². The van der Waals surface area contributed by atoms with Crippen LogP contribution in [0.2, 0.25) is 0 Å². The van der Waals surface area contributed by atoms with Crippen molar-refractivity contribution >= 4 is 11.8 Å². The van der Waals surface area contributed by atoms with E-state index in [0.29, 0.717) is 12.3 Å². The van der Waals surface area contributed by atoms with Crippen LogP contribution in [0.15, 0.2) is 46.8 Å². The summed E-state index contributed by atoms with van der Waals surface area (Å²) in [6.07, 6.45) is 1.26. The summed E-state index contributed by atoms with van der Waals surface area (Å²) in [6.45, 7) is -0.0468. The number of carbonyl (C=O) groups is 1. The first-order chi connectivity index (χ1) is 9.08. The number of hydrazine groups is 1. The molecule has 0 atom stereocenters. The fourth-order valence-corrected chi connectivity index (χ4v) is 1.85. The Bertz CT molecular complexity index is 537. The predicted octanol–water partition coefficient (Wildman–Crippen LogP) is 1.06. The van der Waals surface area contributed by atoms with Crippen molar-refractivity contribution in [3.05, 3.63) is 47.4 Å². The Morgan fingerprint density at radius 1 is 1.32 bits per heavy atom. The third-order valence-electron chi connectivity index (χ3n) is 2.90. The fraction of sp³-hybridized carbons (Fsp3) is 0.231. The Balaban J connectivity index is 2.08. The van der Waals surface area contributed by atoms with Crippen LogP contribution in [0, 0.1) is 0 Å². The smallest absolute Gasteiger partial charge is 0.338 e. The maximum absolute atomic E-state index is 10.8. The molecule has 1 aliphatic rings. The van der Waals surface area contributed by atoms with Crippen molar-refractivity contribution in [1.29, 1.82) is 0 Å². The Morgan fingerprint density at radius 3 is 2.63 bits per heavy atom. The topological polar surface area (TPSA) is 99.2 Å². The molecule has 1 aliphatic heterocycles. The lowest BCUT2D eigenvalue weighted by Crippen LogP contribution is -2.42. The van der Waals surface area contributed by atoms with Crippen LogP contribution in [-0.4, -0.2) is 33.6 Å². The molecule has 1 heterocycles. The number of nitrogens with two attached hydrogens (primary N) is 1. The van der Waals surface area contributed by atoms with Crippen LogP contribution in [0.4, 0.5) is 0 Å². The highest BCUT2D eigenvalue weighted by molar-refractivity contribution is 5.92. The minimum absolute atomic E-state index is 0.0468. The zero-order valence-electron chi connectivity index (χ0n) is 10.3. The number of amidine groups is 1. The molecule has 0 aliphatic carbocycles. The molecule has 0 radical (unpaired) electrons. The quantitative estimate of drug-likeness (QED) is 0.704. The first-order valence-corrected chi connectivity index (χ1v) is 5.87. The number of aliphatic hydroxyl groups is 1. The lowest BCUT2D eigenvalue weighted by atomic mass is 10.1. The SMILES string of the molecule is NN1CC(C(=O)O)=C(O)N=C1CCc1ccccc1. The van der Waals surface area contributed by atoms with E-state index < -0.39 is 11.9 Å². The van der Waals surface area contributed by atoms with Gasteiger partial charge in [-0.05, 0) is 12.0 Å². The number of rotatable bonds is 4. The summed E-state index contributed by atoms with van der Waals surface area (Å²) in [7, 11) is 0. The maximum atomic E-state index is 10.8. The van der Waals surface area contributed by atoms with Crippen molar-refractivity contribution in [2.24, 2.45) is 10.8 Å². The zero-order valence-corrected chi connectivity index (χ0v) is 10.3. The third kappa shape index (κ3) is 3.11. The molecule has 2 rings (SSSR count). The molecule has 19 heavy (non-hydrogen) atoms. The number of nitrogens with zero attached hydrogens (tertiary/aromatic N) is 2. The molecule has 100 valence electrons. The van der Waals surface area contributed by atoms with Gasteiger partial charge in [0.2, 0.25) is 5.88 Å². The normalized spacial score (nSPS) is 15.4. The molecule has 0 unspecified atom stereocenters. The van der Waals surface area contributed by atoms with Gasteiger partial charge in [0.1, 0.15) is 11.4 Å². The van der Waals surface area contributed by atoms with Gasteiger partial charge < -0.3 is 10.2 Å². The molecule has 6 nitrogen and oxygen atoms in total. The first kappa shape index (κ1) is 13.1. The summed E-state index contributed by atoms with van der Waals surface area (Å²) in [5.41, 5.74) is 0.942. The molecule has 0 saturated heterocycles. The van der Waals surface area contributed by atoms with Crippen LogP contribution < -0.4 is 5.84 Å². The standard InChI is InChI=1S/C13H15N3O3/c14-16-8-10(13(18)19)12(17)15-11(16)7-6-9-4-2-1-3-5-9/h1-5,17H,6-8,14H2,(H,18,19). The highest BCUT2D eigenvalue weighted by atomic mass is 16.4. The maximum Gasteiger partial charge on any atom is 0.338 e. The van der Waals surface area contributed by atoms with Gasteiger partial charge in [0.05, 0.1) is 6.54 Å². The van der Waals surface area contributed by atoms with E-state index in [1.807, 2.05) is 30.3 Å². The summed E-state index contributed by atoms with van der Waals surface area (Å²) in [5, 5.41) is 19.7. The van der Waals surface area contributed by atoms with Gasteiger partial charge in [0.25, 0.3) is 0 Å². The second kappa shape index (κ2) is 5.53. The number of carboxylic acids is 1. The molecule has 6 heteroatoms. The Kier molecular flexibility index (Phi) is 3.82. The van der Waals surface area contributed by atoms with Crippen molar-refractivity contribution in [2.75, 3.05) is 6.54 Å². The van der Waals surface area contributed by atoms with Gasteiger partial charge in [0.15, 0.2) is 0 Å². The van der Waals surface area contributed by atoms with E-state index in [1.54, 1.807) is 0 Å². The van der Waals surface area contributed by atoms with E-state index in [4.69, 9.17) is 10.9 Å².